The number of carbonyl (C=O) groups excluding carboxylic acids is 4. The molecule has 4 N–H and O–H groups in total. The fourth-order valence-corrected chi connectivity index (χ4v) is 10.8. The van der Waals surface area contributed by atoms with E-state index in [1.165, 1.54) is 16.2 Å². The van der Waals surface area contributed by atoms with Crippen LogP contribution in [-0.2, 0) is 29.1 Å². The predicted molar refractivity (Wildman–Crippen MR) is 230 cm³/mol. The van der Waals surface area contributed by atoms with Crippen molar-refractivity contribution in [1.29, 1.82) is 0 Å². The van der Waals surface area contributed by atoms with Gasteiger partial charge in [0.05, 0.1) is 30.1 Å². The summed E-state index contributed by atoms with van der Waals surface area (Å²) in [5.41, 5.74) is 0.262. The third-order valence-electron chi connectivity index (χ3n) is 12.2. The SMILES string of the molecule is COc1ccc2c(O[C@@H]3C[C@H]4C(=O)N[C@]5(C(=O)NS(=O)(=O)C6CC6)C[C@H]5C=CCCCCC[C@H](NC(=O)OC5CCCC5)C(=O)N4C3)cc(-c3csc(NC(C)C)n3)nc2c1. The number of pyridine rings is 1. The van der Waals surface area contributed by atoms with Crippen molar-refractivity contribution in [2.45, 2.75) is 138 Å². The van der Waals surface area contributed by atoms with Crippen molar-refractivity contribution in [1.82, 2.24) is 30.2 Å². The van der Waals surface area contributed by atoms with Gasteiger partial charge in [0.25, 0.3) is 5.91 Å². The fraction of sp³-hybridized carbons (Fsp3) is 0.581. The van der Waals surface area contributed by atoms with E-state index in [-0.39, 0.29) is 31.5 Å². The molecule has 1 saturated heterocycles. The third-order valence-corrected chi connectivity index (χ3v) is 14.8. The number of nitrogens with zero attached hydrogens (tertiary/aromatic N) is 3. The molecule has 4 amide bonds. The Labute approximate surface area is 360 Å². The number of anilines is 1. The lowest BCUT2D eigenvalue weighted by molar-refractivity contribution is -0.141. The molecule has 4 fully saturated rings. The van der Waals surface area contributed by atoms with Crippen LogP contribution in [0.3, 0.4) is 0 Å². The molecule has 16 nitrogen and oxygen atoms in total. The molecule has 2 aromatic heterocycles. The number of sulfonamides is 1. The van der Waals surface area contributed by atoms with E-state index in [1.54, 1.807) is 25.3 Å². The Kier molecular flexibility index (Phi) is 12.5. The summed E-state index contributed by atoms with van der Waals surface area (Å²) in [4.78, 5) is 67.6. The van der Waals surface area contributed by atoms with Crippen molar-refractivity contribution in [2.24, 2.45) is 5.92 Å². The second kappa shape index (κ2) is 17.8. The van der Waals surface area contributed by atoms with Crippen molar-refractivity contribution in [3.63, 3.8) is 0 Å². The highest BCUT2D eigenvalue weighted by molar-refractivity contribution is 7.91. The van der Waals surface area contributed by atoms with Crippen LogP contribution < -0.4 is 30.1 Å². The summed E-state index contributed by atoms with van der Waals surface area (Å²) in [6.45, 7) is 4.05. The molecule has 2 aliphatic heterocycles. The minimum Gasteiger partial charge on any atom is -0.497 e. The van der Waals surface area contributed by atoms with Gasteiger partial charge in [-0.2, -0.15) is 0 Å². The Morgan fingerprint density at radius 2 is 1.77 bits per heavy atom. The summed E-state index contributed by atoms with van der Waals surface area (Å²) >= 11 is 1.46. The molecule has 3 aromatic rings. The first-order valence-corrected chi connectivity index (χ1v) is 23.9. The molecule has 0 spiro atoms. The molecule has 4 heterocycles. The Morgan fingerprint density at radius 1 is 0.984 bits per heavy atom. The van der Waals surface area contributed by atoms with Crippen molar-refractivity contribution in [3.05, 3.63) is 41.8 Å². The first kappa shape index (κ1) is 42.7. The van der Waals surface area contributed by atoms with Crippen molar-refractivity contribution >= 4 is 61.2 Å². The number of methoxy groups -OCH3 is 1. The van der Waals surface area contributed by atoms with Crippen molar-refractivity contribution in [2.75, 3.05) is 19.0 Å². The van der Waals surface area contributed by atoms with Gasteiger partial charge in [-0.15, -0.1) is 11.3 Å². The van der Waals surface area contributed by atoms with Gasteiger partial charge in [-0.3, -0.25) is 19.1 Å². The molecule has 0 bridgehead atoms. The molecule has 0 unspecified atom stereocenters. The second-order valence-corrected chi connectivity index (χ2v) is 20.0. The summed E-state index contributed by atoms with van der Waals surface area (Å²) in [7, 11) is -2.34. The molecular formula is C43H55N7O9S2. The van der Waals surface area contributed by atoms with E-state index in [1.807, 2.05) is 37.4 Å². The Balaban J connectivity index is 1.11. The maximum atomic E-state index is 14.8. The van der Waals surface area contributed by atoms with E-state index in [4.69, 9.17) is 24.2 Å². The molecule has 8 rings (SSSR count). The average Bonchev–Trinajstić information content (AvgIpc) is 4.00. The number of benzene rings is 1. The molecule has 5 atom stereocenters. The second-order valence-electron chi connectivity index (χ2n) is 17.2. The first-order valence-electron chi connectivity index (χ1n) is 21.5. The van der Waals surface area contributed by atoms with E-state index < -0.39 is 68.7 Å². The third kappa shape index (κ3) is 9.74. The monoisotopic (exact) mass is 877 g/mol. The first-order chi connectivity index (χ1) is 29.3. The fourth-order valence-electron chi connectivity index (χ4n) is 8.60. The van der Waals surface area contributed by atoms with E-state index in [0.29, 0.717) is 65.9 Å². The zero-order valence-electron chi connectivity index (χ0n) is 34.8. The maximum Gasteiger partial charge on any atom is 0.408 e. The summed E-state index contributed by atoms with van der Waals surface area (Å²) in [5, 5.41) is 11.8. The lowest BCUT2D eigenvalue weighted by atomic mass is 10.0. The minimum atomic E-state index is -3.91. The molecule has 0 radical (unpaired) electrons. The summed E-state index contributed by atoms with van der Waals surface area (Å²) in [5.74, 6) is -1.26. The average molecular weight is 878 g/mol. The molecule has 3 saturated carbocycles. The number of amides is 4. The van der Waals surface area contributed by atoms with E-state index in [0.717, 1.165) is 43.7 Å². The van der Waals surface area contributed by atoms with Gasteiger partial charge in [0.1, 0.15) is 47.0 Å². The Bertz CT molecular complexity index is 2290. The summed E-state index contributed by atoms with van der Waals surface area (Å²) in [6, 6.07) is 5.31. The number of ether oxygens (including phenoxy) is 3. The van der Waals surface area contributed by atoms with E-state index >= 15 is 0 Å². The van der Waals surface area contributed by atoms with Crippen LogP contribution in [0.4, 0.5) is 9.93 Å². The van der Waals surface area contributed by atoms with Crippen LogP contribution >= 0.6 is 11.3 Å². The quantitative estimate of drug-likeness (QED) is 0.174. The highest BCUT2D eigenvalue weighted by Crippen LogP contribution is 2.46. The lowest BCUT2D eigenvalue weighted by Gasteiger charge is -2.30. The number of hydrogen-bond donors (Lipinski definition) is 4. The zero-order valence-corrected chi connectivity index (χ0v) is 36.4. The summed E-state index contributed by atoms with van der Waals surface area (Å²) < 4.78 is 46.2. The van der Waals surface area contributed by atoms with Crippen LogP contribution in [0.2, 0.25) is 0 Å². The lowest BCUT2D eigenvalue weighted by Crippen LogP contribution is -2.58. The van der Waals surface area contributed by atoms with Gasteiger partial charge in [0, 0.05) is 41.3 Å². The number of thiazole rings is 1. The van der Waals surface area contributed by atoms with Gasteiger partial charge in [-0.1, -0.05) is 25.0 Å². The Morgan fingerprint density at radius 3 is 2.52 bits per heavy atom. The number of allylic oxidation sites excluding steroid dienone is 1. The molecule has 1 aromatic carbocycles. The van der Waals surface area contributed by atoms with Crippen LogP contribution in [0.25, 0.3) is 22.3 Å². The van der Waals surface area contributed by atoms with Crippen LogP contribution in [0, 0.1) is 5.92 Å². The van der Waals surface area contributed by atoms with Crippen LogP contribution in [0.5, 0.6) is 11.5 Å². The maximum absolute atomic E-state index is 14.8. The van der Waals surface area contributed by atoms with Crippen LogP contribution in [-0.4, -0.2) is 102 Å². The van der Waals surface area contributed by atoms with Crippen LogP contribution in [0.1, 0.15) is 97.3 Å². The van der Waals surface area contributed by atoms with Gasteiger partial charge in [0.15, 0.2) is 5.13 Å². The number of rotatable bonds is 11. The summed E-state index contributed by atoms with van der Waals surface area (Å²) in [6.07, 6.45) is 10.1. The van der Waals surface area contributed by atoms with Crippen LogP contribution in [0.15, 0.2) is 41.8 Å². The van der Waals surface area contributed by atoms with Gasteiger partial charge in [-0.05, 0) is 90.2 Å². The van der Waals surface area contributed by atoms with Crippen molar-refractivity contribution < 1.29 is 41.8 Å². The van der Waals surface area contributed by atoms with Gasteiger partial charge in [0.2, 0.25) is 21.8 Å². The van der Waals surface area contributed by atoms with Gasteiger partial charge >= 0.3 is 6.09 Å². The van der Waals surface area contributed by atoms with E-state index in [2.05, 4.69) is 20.7 Å². The molecule has 5 aliphatic rings. The standard InChI is InChI=1S/C43H55N7O9S2/c1-25(2)44-41-46-35(24-60-41)34-21-37(31-18-15-28(57-3)19-33(31)45-34)58-29-20-36-38(51)48-43(40(53)49-61(55,56)30-16-17-30)22-26(43)11-7-5-4-6-8-14-32(39(52)50(36)23-29)47-42(54)59-27-12-9-10-13-27/h7,11,15,18-19,21,24-27,29-30,32,36H,4-6,8-10,12-14,16-17,20,22-23H2,1-3H3,(H,44,46)(H,47,54)(H,48,51)(H,49,53)/t26-,29-,32+,36+,43-/m1/s1. The molecule has 61 heavy (non-hydrogen) atoms. The number of nitrogens with one attached hydrogen (secondary N) is 4. The number of carbonyl (C=O) groups is 4. The number of fused-ring (bicyclic) bond motifs is 3. The van der Waals surface area contributed by atoms with E-state index in [9.17, 15) is 27.6 Å². The smallest absolute Gasteiger partial charge is 0.408 e. The highest BCUT2D eigenvalue weighted by Gasteiger charge is 2.62. The molecule has 328 valence electrons. The Hall–Kier alpha value is -4.97. The molecular weight excluding hydrogens is 823 g/mol. The minimum absolute atomic E-state index is 0.0141. The molecule has 3 aliphatic carbocycles. The zero-order chi connectivity index (χ0) is 42.9. The normalized spacial score (nSPS) is 26.1. The largest absolute Gasteiger partial charge is 0.497 e. The topological polar surface area (TPSA) is 207 Å². The number of hydrogen-bond acceptors (Lipinski definition) is 13. The van der Waals surface area contributed by atoms with Gasteiger partial charge in [-0.25, -0.2) is 23.2 Å². The molecule has 18 heteroatoms. The highest BCUT2D eigenvalue weighted by atomic mass is 32.2. The van der Waals surface area contributed by atoms with Crippen molar-refractivity contribution in [3.8, 4) is 22.9 Å². The van der Waals surface area contributed by atoms with Gasteiger partial charge < -0.3 is 35.1 Å². The number of alkyl carbamates (subject to hydrolysis) is 1. The number of aromatic nitrogens is 2. The predicted octanol–water partition coefficient (Wildman–Crippen LogP) is 5.58.